The van der Waals surface area contributed by atoms with E-state index in [1.807, 2.05) is 0 Å². The molecule has 142 valence electrons. The molecule has 5 nitrogen and oxygen atoms in total. The molecule has 0 unspecified atom stereocenters. The lowest BCUT2D eigenvalue weighted by Gasteiger charge is -2.17. The van der Waals surface area contributed by atoms with Gasteiger partial charge in [0.25, 0.3) is 0 Å². The Hall–Kier alpha value is -1.46. The van der Waals surface area contributed by atoms with Crippen molar-refractivity contribution in [3.05, 3.63) is 24.3 Å². The highest BCUT2D eigenvalue weighted by Crippen LogP contribution is 2.33. The van der Waals surface area contributed by atoms with E-state index in [4.69, 9.17) is 17.4 Å². The van der Waals surface area contributed by atoms with E-state index < -0.39 is 62.4 Å². The summed E-state index contributed by atoms with van der Waals surface area (Å²) in [6.07, 6.45) is -6.53. The number of Topliss-reactive ketones (excluding diaryl/α,β-unsaturated/α-hetero) is 1. The Balaban J connectivity index is 2.85. The Morgan fingerprint density at radius 3 is 2.96 bits per heavy atom. The Morgan fingerprint density at radius 2 is 2.24 bits per heavy atom. The molecule has 0 heterocycles. The van der Waals surface area contributed by atoms with Crippen LogP contribution in [0.1, 0.15) is 76.8 Å². The minimum atomic E-state index is -3.53. The summed E-state index contributed by atoms with van der Waals surface area (Å²) in [5.41, 5.74) is 0. The molecule has 0 radical (unpaired) electrons. The molecule has 0 spiro atoms. The zero-order chi connectivity index (χ0) is 26.5. The number of carbonyl (C=O) groups is 2. The van der Waals surface area contributed by atoms with Gasteiger partial charge in [0.1, 0.15) is 5.78 Å². The molecule has 1 rings (SSSR count). The highest BCUT2D eigenvalue weighted by Gasteiger charge is 2.39. The summed E-state index contributed by atoms with van der Waals surface area (Å²) in [4.78, 5) is 22.8. The van der Waals surface area contributed by atoms with Gasteiger partial charge in [-0.25, -0.2) is 0 Å². The van der Waals surface area contributed by atoms with E-state index in [0.29, 0.717) is 19.3 Å². The highest BCUT2D eigenvalue weighted by molar-refractivity contribution is 5.86. The molecule has 3 N–H and O–H groups in total. The van der Waals surface area contributed by atoms with Crippen LogP contribution in [-0.4, -0.2) is 39.3 Å². The van der Waals surface area contributed by atoms with E-state index in [2.05, 4.69) is 0 Å². The second-order valence-corrected chi connectivity index (χ2v) is 6.00. The quantitative estimate of drug-likeness (QED) is 0.366. The SMILES string of the molecule is [2H]C([2H])([2H])C([2H])([2H])C([2H])([2H])C([2H])([2H])C[C@H](O)/C=C/[C@H]1C(=O)C[C@H](O)[C@@H]1C/C=C\CCCC(=O)O. The number of rotatable bonds is 12. The van der Waals surface area contributed by atoms with Crippen LogP contribution in [0.5, 0.6) is 0 Å². The van der Waals surface area contributed by atoms with Crippen molar-refractivity contribution in [3.8, 4) is 0 Å². The molecule has 0 aromatic rings. The summed E-state index contributed by atoms with van der Waals surface area (Å²) in [6.45, 7) is -3.44. The number of hydrogen-bond donors (Lipinski definition) is 3. The fraction of sp³-hybridized carbons (Fsp3) is 0.700. The van der Waals surface area contributed by atoms with Gasteiger partial charge in [0.15, 0.2) is 0 Å². The first kappa shape index (κ1) is 11.3. The van der Waals surface area contributed by atoms with E-state index in [0.717, 1.165) is 6.08 Å². The normalized spacial score (nSPS) is 32.8. The topological polar surface area (TPSA) is 94.8 Å². The highest BCUT2D eigenvalue weighted by atomic mass is 16.4. The third kappa shape index (κ3) is 8.45. The van der Waals surface area contributed by atoms with E-state index in [1.165, 1.54) is 6.08 Å². The van der Waals surface area contributed by atoms with Crippen LogP contribution >= 0.6 is 0 Å². The van der Waals surface area contributed by atoms with Crippen molar-refractivity contribution in [1.82, 2.24) is 0 Å². The van der Waals surface area contributed by atoms with Gasteiger partial charge in [0.05, 0.1) is 12.2 Å². The lowest BCUT2D eigenvalue weighted by molar-refractivity contribution is -0.137. The maximum atomic E-state index is 12.3. The number of ketones is 1. The van der Waals surface area contributed by atoms with Gasteiger partial charge in [-0.1, -0.05) is 50.3 Å². The lowest BCUT2D eigenvalue weighted by Crippen LogP contribution is -2.19. The second-order valence-electron chi connectivity index (χ2n) is 6.00. The first-order valence-corrected chi connectivity index (χ1v) is 8.29. The van der Waals surface area contributed by atoms with Crippen molar-refractivity contribution in [1.29, 1.82) is 0 Å². The van der Waals surface area contributed by atoms with E-state index in [1.54, 1.807) is 12.2 Å². The maximum absolute atomic E-state index is 12.3. The van der Waals surface area contributed by atoms with Crippen molar-refractivity contribution < 1.29 is 37.2 Å². The summed E-state index contributed by atoms with van der Waals surface area (Å²) in [5.74, 6) is -2.50. The molecular formula is C20H32O5. The molecule has 5 heteroatoms. The summed E-state index contributed by atoms with van der Waals surface area (Å²) in [5, 5.41) is 29.1. The molecule has 0 bridgehead atoms. The molecule has 4 atom stereocenters. The van der Waals surface area contributed by atoms with Crippen molar-refractivity contribution in [2.45, 2.75) is 76.7 Å². The van der Waals surface area contributed by atoms with Crippen LogP contribution in [-0.2, 0) is 9.59 Å². The standard InChI is InChI=1S/C20H32O5/c1-2-3-6-9-15(21)12-13-17-16(18(22)14-19(17)23)10-7-4-5-8-11-20(24)25/h4,7,12-13,15-18,21-22H,2-3,5-6,8-11,14H2,1H3,(H,24,25)/b7-4-,13-12+/t15-,16+,17+,18-/m0/s1/i1D3,2D2,3D2,6D2. The van der Waals surface area contributed by atoms with E-state index >= 15 is 0 Å². The molecule has 1 aliphatic carbocycles. The van der Waals surface area contributed by atoms with Gasteiger partial charge in [-0.05, 0) is 25.7 Å². The monoisotopic (exact) mass is 361 g/mol. The minimum Gasteiger partial charge on any atom is -0.481 e. The molecule has 0 saturated heterocycles. The number of unbranched alkanes of at least 4 members (excludes halogenated alkanes) is 1. The Kier molecular flexibility index (Phi) is 5.41. The van der Waals surface area contributed by atoms with Gasteiger partial charge < -0.3 is 15.3 Å². The van der Waals surface area contributed by atoms with Gasteiger partial charge in [-0.15, -0.1) is 0 Å². The third-order valence-electron chi connectivity index (χ3n) is 4.08. The van der Waals surface area contributed by atoms with Crippen LogP contribution in [0.15, 0.2) is 24.3 Å². The van der Waals surface area contributed by atoms with Gasteiger partial charge >= 0.3 is 5.97 Å². The van der Waals surface area contributed by atoms with Gasteiger partial charge in [-0.2, -0.15) is 0 Å². The van der Waals surface area contributed by atoms with Crippen LogP contribution in [0, 0.1) is 11.8 Å². The fourth-order valence-corrected chi connectivity index (χ4v) is 2.78. The average molecular weight is 362 g/mol. The van der Waals surface area contributed by atoms with Crippen LogP contribution in [0.4, 0.5) is 0 Å². The number of allylic oxidation sites excluding steroid dienone is 3. The van der Waals surface area contributed by atoms with Crippen LogP contribution in [0.3, 0.4) is 0 Å². The average Bonchev–Trinajstić information content (AvgIpc) is 2.93. The predicted molar refractivity (Wildman–Crippen MR) is 97.1 cm³/mol. The van der Waals surface area contributed by atoms with Crippen molar-refractivity contribution >= 4 is 11.8 Å². The zero-order valence-electron chi connectivity index (χ0n) is 23.0. The summed E-state index contributed by atoms with van der Waals surface area (Å²) in [6, 6.07) is 0. The van der Waals surface area contributed by atoms with Gasteiger partial charge in [0.2, 0.25) is 0 Å². The number of aliphatic carboxylic acids is 1. The molecule has 0 amide bonds. The fourth-order valence-electron chi connectivity index (χ4n) is 2.78. The summed E-state index contributed by atoms with van der Waals surface area (Å²) in [7, 11) is 0. The van der Waals surface area contributed by atoms with Gasteiger partial charge in [-0.3, -0.25) is 9.59 Å². The Bertz CT molecular complexity index is 777. The van der Waals surface area contributed by atoms with Crippen molar-refractivity contribution in [2.24, 2.45) is 11.8 Å². The number of aliphatic hydroxyl groups excluding tert-OH is 2. The molecular weight excluding hydrogens is 320 g/mol. The molecule has 1 fully saturated rings. The number of carboxylic acid groups (broad SMARTS) is 1. The molecule has 0 aliphatic heterocycles. The zero-order valence-corrected chi connectivity index (χ0v) is 14.0. The third-order valence-corrected chi connectivity index (χ3v) is 4.08. The molecule has 1 aliphatic rings. The molecule has 1 saturated carbocycles. The predicted octanol–water partition coefficient (Wildman–Crippen LogP) is 3.25. The summed E-state index contributed by atoms with van der Waals surface area (Å²) >= 11 is 0. The van der Waals surface area contributed by atoms with E-state index in [9.17, 15) is 19.8 Å². The number of carbonyl (C=O) groups excluding carboxylic acids is 1. The van der Waals surface area contributed by atoms with Crippen LogP contribution in [0.25, 0.3) is 0 Å². The Labute approximate surface area is 163 Å². The van der Waals surface area contributed by atoms with Gasteiger partial charge in [0, 0.05) is 37.0 Å². The smallest absolute Gasteiger partial charge is 0.303 e. The maximum Gasteiger partial charge on any atom is 0.303 e. The van der Waals surface area contributed by atoms with Crippen LogP contribution < -0.4 is 0 Å². The molecule has 0 aromatic heterocycles. The molecule has 0 aromatic carbocycles. The van der Waals surface area contributed by atoms with Crippen molar-refractivity contribution in [3.63, 3.8) is 0 Å². The summed E-state index contributed by atoms with van der Waals surface area (Å²) < 4.78 is 68.3. The van der Waals surface area contributed by atoms with Crippen molar-refractivity contribution in [2.75, 3.05) is 0 Å². The minimum absolute atomic E-state index is 0.0253. The number of carboxylic acids is 1. The largest absolute Gasteiger partial charge is 0.481 e. The van der Waals surface area contributed by atoms with E-state index in [-0.39, 0.29) is 18.6 Å². The first-order valence-electron chi connectivity index (χ1n) is 12.8. The second kappa shape index (κ2) is 12.0. The first-order chi connectivity index (χ1) is 15.3. The van der Waals surface area contributed by atoms with Crippen LogP contribution in [0.2, 0.25) is 0 Å². The number of aliphatic hydroxyl groups is 2. The molecule has 25 heavy (non-hydrogen) atoms. The Morgan fingerprint density at radius 1 is 1.44 bits per heavy atom. The lowest BCUT2D eigenvalue weighted by atomic mass is 9.90. The number of hydrogen-bond acceptors (Lipinski definition) is 4.